The topological polar surface area (TPSA) is 40.5 Å². The third-order valence-corrected chi connectivity index (χ3v) is 2.78. The predicted molar refractivity (Wildman–Crippen MR) is 54.8 cm³/mol. The van der Waals surface area contributed by atoms with Crippen molar-refractivity contribution in [1.82, 2.24) is 0 Å². The summed E-state index contributed by atoms with van der Waals surface area (Å²) in [6.07, 6.45) is 0.826. The minimum absolute atomic E-state index is 0.0988. The maximum absolute atomic E-state index is 8.80. The Kier molecular flexibility index (Phi) is 4.90. The van der Waals surface area contributed by atoms with E-state index in [2.05, 4.69) is 0 Å². The van der Waals surface area contributed by atoms with Crippen molar-refractivity contribution in [3.05, 3.63) is 29.8 Å². The first-order chi connectivity index (χ1) is 6.36. The SMILES string of the molecule is OCCCSc1ccc(CO)cc1. The average molecular weight is 198 g/mol. The molecule has 1 aromatic rings. The Balaban J connectivity index is 2.40. The molecule has 2 N–H and O–H groups in total. The van der Waals surface area contributed by atoms with Crippen LogP contribution in [0.1, 0.15) is 12.0 Å². The van der Waals surface area contributed by atoms with Gasteiger partial charge in [0.2, 0.25) is 0 Å². The molecule has 0 aliphatic carbocycles. The molecule has 3 heteroatoms. The Morgan fingerprint density at radius 3 is 2.31 bits per heavy atom. The second-order valence-electron chi connectivity index (χ2n) is 2.73. The number of rotatable bonds is 5. The van der Waals surface area contributed by atoms with Crippen LogP contribution in [0.5, 0.6) is 0 Å². The molecule has 0 bridgehead atoms. The van der Waals surface area contributed by atoms with E-state index in [1.54, 1.807) is 11.8 Å². The minimum Gasteiger partial charge on any atom is -0.396 e. The van der Waals surface area contributed by atoms with Gasteiger partial charge in [-0.3, -0.25) is 0 Å². The largest absolute Gasteiger partial charge is 0.396 e. The molecular weight excluding hydrogens is 184 g/mol. The van der Waals surface area contributed by atoms with Crippen LogP contribution in [-0.4, -0.2) is 22.6 Å². The zero-order valence-electron chi connectivity index (χ0n) is 7.44. The summed E-state index contributed by atoms with van der Waals surface area (Å²) in [6.45, 7) is 0.351. The number of thioether (sulfide) groups is 1. The Bertz CT molecular complexity index is 233. The van der Waals surface area contributed by atoms with Crippen molar-refractivity contribution in [2.24, 2.45) is 0 Å². The standard InChI is InChI=1S/C10H14O2S/c11-6-1-7-13-10-4-2-9(8-12)3-5-10/h2-5,11-12H,1,6-8H2. The third-order valence-electron chi connectivity index (χ3n) is 1.68. The molecule has 0 amide bonds. The molecule has 1 rings (SSSR count). The Morgan fingerprint density at radius 1 is 1.08 bits per heavy atom. The van der Waals surface area contributed by atoms with E-state index in [1.165, 1.54) is 4.90 Å². The summed E-state index contributed by atoms with van der Waals surface area (Å²) in [5, 5.41) is 17.4. The minimum atomic E-state index is 0.0988. The highest BCUT2D eigenvalue weighted by Crippen LogP contribution is 2.18. The highest BCUT2D eigenvalue weighted by Gasteiger charge is 1.94. The second kappa shape index (κ2) is 6.02. The summed E-state index contributed by atoms with van der Waals surface area (Å²) >= 11 is 1.72. The van der Waals surface area contributed by atoms with Crippen molar-refractivity contribution < 1.29 is 10.2 Å². The molecule has 0 fully saturated rings. The van der Waals surface area contributed by atoms with Crippen molar-refractivity contribution in [1.29, 1.82) is 0 Å². The van der Waals surface area contributed by atoms with Crippen molar-refractivity contribution in [2.75, 3.05) is 12.4 Å². The monoisotopic (exact) mass is 198 g/mol. The van der Waals surface area contributed by atoms with E-state index >= 15 is 0 Å². The molecule has 2 nitrogen and oxygen atoms in total. The van der Waals surface area contributed by atoms with Crippen LogP contribution in [0, 0.1) is 0 Å². The molecule has 0 heterocycles. The Hall–Kier alpha value is -0.510. The fraction of sp³-hybridized carbons (Fsp3) is 0.400. The highest BCUT2D eigenvalue weighted by molar-refractivity contribution is 7.99. The predicted octanol–water partition coefficient (Wildman–Crippen LogP) is 1.65. The van der Waals surface area contributed by atoms with E-state index in [-0.39, 0.29) is 13.2 Å². The summed E-state index contributed by atoms with van der Waals surface area (Å²) < 4.78 is 0. The molecule has 0 atom stereocenters. The maximum Gasteiger partial charge on any atom is 0.0681 e. The van der Waals surface area contributed by atoms with E-state index in [4.69, 9.17) is 10.2 Å². The second-order valence-corrected chi connectivity index (χ2v) is 3.90. The van der Waals surface area contributed by atoms with Gasteiger partial charge >= 0.3 is 0 Å². The molecule has 0 aromatic heterocycles. The first-order valence-corrected chi connectivity index (χ1v) is 5.29. The lowest BCUT2D eigenvalue weighted by Gasteiger charge is -2.01. The maximum atomic E-state index is 8.80. The van der Waals surface area contributed by atoms with Crippen molar-refractivity contribution in [3.8, 4) is 0 Å². The normalized spacial score (nSPS) is 10.3. The van der Waals surface area contributed by atoms with Crippen molar-refractivity contribution >= 4 is 11.8 Å². The molecule has 13 heavy (non-hydrogen) atoms. The number of hydrogen-bond donors (Lipinski definition) is 2. The Morgan fingerprint density at radius 2 is 1.77 bits per heavy atom. The van der Waals surface area contributed by atoms with Crippen LogP contribution >= 0.6 is 11.8 Å². The van der Waals surface area contributed by atoms with E-state index in [0.717, 1.165) is 17.7 Å². The highest BCUT2D eigenvalue weighted by atomic mass is 32.2. The van der Waals surface area contributed by atoms with E-state index in [9.17, 15) is 0 Å². The summed E-state index contributed by atoms with van der Waals surface area (Å²) in [4.78, 5) is 1.19. The average Bonchev–Trinajstić information content (AvgIpc) is 2.19. The Labute approximate surface area is 82.6 Å². The summed E-state index contributed by atoms with van der Waals surface area (Å²) in [7, 11) is 0. The van der Waals surface area contributed by atoms with Gasteiger partial charge in [-0.05, 0) is 24.1 Å². The van der Waals surface area contributed by atoms with Crippen LogP contribution in [0.25, 0.3) is 0 Å². The lowest BCUT2D eigenvalue weighted by atomic mass is 10.2. The van der Waals surface area contributed by atoms with E-state index < -0.39 is 0 Å². The van der Waals surface area contributed by atoms with Crippen molar-refractivity contribution in [3.63, 3.8) is 0 Å². The van der Waals surface area contributed by atoms with Gasteiger partial charge in [-0.15, -0.1) is 11.8 Å². The number of aliphatic hydroxyl groups excluding tert-OH is 2. The van der Waals surface area contributed by atoms with Gasteiger partial charge in [0.15, 0.2) is 0 Å². The molecule has 0 spiro atoms. The number of hydrogen-bond acceptors (Lipinski definition) is 3. The molecule has 1 aromatic carbocycles. The van der Waals surface area contributed by atoms with Gasteiger partial charge in [0.1, 0.15) is 0 Å². The lowest BCUT2D eigenvalue weighted by Crippen LogP contribution is -1.86. The van der Waals surface area contributed by atoms with Gasteiger partial charge in [0.05, 0.1) is 6.61 Å². The van der Waals surface area contributed by atoms with E-state index in [0.29, 0.717) is 0 Å². The summed E-state index contributed by atoms with van der Waals surface area (Å²) in [5.41, 5.74) is 0.937. The molecule has 0 aliphatic heterocycles. The summed E-state index contributed by atoms with van der Waals surface area (Å²) in [6, 6.07) is 7.82. The van der Waals surface area contributed by atoms with Crippen LogP contribution in [0.3, 0.4) is 0 Å². The first kappa shape index (κ1) is 10.6. The van der Waals surface area contributed by atoms with Gasteiger partial charge in [-0.25, -0.2) is 0 Å². The van der Waals surface area contributed by atoms with Crippen LogP contribution in [0.4, 0.5) is 0 Å². The summed E-state index contributed by atoms with van der Waals surface area (Å²) in [5.74, 6) is 0.939. The van der Waals surface area contributed by atoms with Crippen LogP contribution in [0.15, 0.2) is 29.2 Å². The van der Waals surface area contributed by atoms with E-state index in [1.807, 2.05) is 24.3 Å². The lowest BCUT2D eigenvalue weighted by molar-refractivity contribution is 0.282. The molecule has 0 unspecified atom stereocenters. The molecule has 0 saturated heterocycles. The van der Waals surface area contributed by atoms with Gasteiger partial charge in [0, 0.05) is 17.3 Å². The number of benzene rings is 1. The molecule has 72 valence electrons. The fourth-order valence-corrected chi connectivity index (χ4v) is 1.78. The smallest absolute Gasteiger partial charge is 0.0681 e. The van der Waals surface area contributed by atoms with Crippen LogP contribution in [0.2, 0.25) is 0 Å². The quantitative estimate of drug-likeness (QED) is 0.558. The van der Waals surface area contributed by atoms with Gasteiger partial charge in [-0.1, -0.05) is 12.1 Å². The molecule has 0 aliphatic rings. The number of aliphatic hydroxyl groups is 2. The van der Waals surface area contributed by atoms with Gasteiger partial charge in [0.25, 0.3) is 0 Å². The third kappa shape index (κ3) is 3.81. The van der Waals surface area contributed by atoms with Crippen molar-refractivity contribution in [2.45, 2.75) is 17.9 Å². The molecule has 0 radical (unpaired) electrons. The zero-order valence-corrected chi connectivity index (χ0v) is 8.26. The zero-order chi connectivity index (χ0) is 9.52. The fourth-order valence-electron chi connectivity index (χ4n) is 0.946. The first-order valence-electron chi connectivity index (χ1n) is 4.30. The molecular formula is C10H14O2S. The van der Waals surface area contributed by atoms with Gasteiger partial charge in [-0.2, -0.15) is 0 Å². The van der Waals surface area contributed by atoms with Crippen LogP contribution < -0.4 is 0 Å². The van der Waals surface area contributed by atoms with Crippen LogP contribution in [-0.2, 0) is 6.61 Å². The molecule has 0 saturated carbocycles. The van der Waals surface area contributed by atoms with Gasteiger partial charge < -0.3 is 10.2 Å².